The largest absolute Gasteiger partial charge is 0.508 e. The molecule has 2 aliphatic heterocycles. The highest BCUT2D eigenvalue weighted by molar-refractivity contribution is 7.89. The second-order valence-corrected chi connectivity index (χ2v) is 31.4. The number of aromatic hydroxyl groups is 1. The number of carbonyl (C=O) groups excluding carboxylic acids is 6. The number of primary amides is 1. The summed E-state index contributed by atoms with van der Waals surface area (Å²) >= 11 is 6.79. The summed E-state index contributed by atoms with van der Waals surface area (Å²) in [5.74, 6) is -6.62. The third-order valence-electron chi connectivity index (χ3n) is 17.2. The van der Waals surface area contributed by atoms with Crippen LogP contribution in [0.3, 0.4) is 0 Å². The van der Waals surface area contributed by atoms with Crippen molar-refractivity contribution in [2.75, 3.05) is 6.54 Å². The highest BCUT2D eigenvalue weighted by atomic mass is 32.2. The predicted octanol–water partition coefficient (Wildman–Crippen LogP) is 9.36. The van der Waals surface area contributed by atoms with E-state index < -0.39 is 99.9 Å². The Morgan fingerprint density at radius 2 is 1.25 bits per heavy atom. The van der Waals surface area contributed by atoms with Gasteiger partial charge in [-0.2, -0.15) is 0 Å². The maximum atomic E-state index is 15.3. The number of nitrogens with two attached hydrogens (primary N) is 2. The van der Waals surface area contributed by atoms with Crippen molar-refractivity contribution in [3.8, 4) is 49.1 Å². The number of phenolic OH excluding ortho intramolecular Hbond substituents is 1. The van der Waals surface area contributed by atoms with Crippen LogP contribution in [0.4, 0.5) is 0 Å². The number of aromatic carboxylic acids is 1. The number of fused-ring (bicyclic) bond motifs is 16. The zero-order chi connectivity index (χ0) is 71.8. The highest BCUT2D eigenvalue weighted by Crippen LogP contribution is 2.44. The number of carbonyl (C=O) groups is 7. The third kappa shape index (κ3) is 15.3. The normalized spacial score (nSPS) is 18.4. The van der Waals surface area contributed by atoms with Gasteiger partial charge in [-0.1, -0.05) is 73.7 Å². The first-order chi connectivity index (χ1) is 48.9. The number of aliphatic hydroxyl groups is 2. The zero-order valence-corrected chi connectivity index (χ0v) is 59.4. The van der Waals surface area contributed by atoms with E-state index in [0.29, 0.717) is 69.8 Å². The van der Waals surface area contributed by atoms with E-state index in [9.17, 15) is 57.6 Å². The lowest BCUT2D eigenvalue weighted by Crippen LogP contribution is -2.50. The molecule has 102 heavy (non-hydrogen) atoms. The van der Waals surface area contributed by atoms with Gasteiger partial charge in [0.05, 0.1) is 51.9 Å². The van der Waals surface area contributed by atoms with E-state index >= 15 is 4.79 Å². The maximum Gasteiger partial charge on any atom is 0.335 e. The predicted molar refractivity (Wildman–Crippen MR) is 382 cm³/mol. The summed E-state index contributed by atoms with van der Waals surface area (Å²) in [5, 5.41) is 64.6. The Morgan fingerprint density at radius 3 is 1.95 bits per heavy atom. The molecular formula is C69H59N13O13S7. The van der Waals surface area contributed by atoms with E-state index in [1.807, 2.05) is 0 Å². The Hall–Kier alpha value is -10.1. The van der Waals surface area contributed by atoms with Gasteiger partial charge in [0.2, 0.25) is 21.8 Å². The SMILES string of the molecule is Cc1sc2nc1C(=O)C[C@@H]([C@H](O)c1ccccc1)c1nc(cs1)C(=O)N[C@@H](Cc1ccc(O)cc1)C(=O)N1C[C@H](O)[C@H](C)[C@H]1c1nc(cs1)-c1nc(cs1)-c1nc(-c3nc(C(=O)N(Cc4ccc(C(=O)O)cc4)Cc4ccc(S(N)(=O)=O)cc4)cs3)ccc1-c1nc(cs1)C(=O)N[C@H]2CC(N)=O. The second kappa shape index (κ2) is 29.5. The molecular weight excluding hydrogens is 1440 g/mol. The number of aromatic nitrogens is 7. The Labute approximate surface area is 605 Å². The summed E-state index contributed by atoms with van der Waals surface area (Å²) in [5.41, 5.74) is 9.62. The molecule has 520 valence electrons. The topological polar surface area (TPSA) is 407 Å². The van der Waals surface area contributed by atoms with Crippen LogP contribution in [0.2, 0.25) is 0 Å². The van der Waals surface area contributed by atoms with Gasteiger partial charge in [-0.3, -0.25) is 28.8 Å². The molecule has 7 aromatic heterocycles. The molecule has 10 bridgehead atoms. The third-order valence-corrected chi connectivity index (χ3v) is 23.7. The van der Waals surface area contributed by atoms with Crippen LogP contribution in [-0.2, 0) is 39.1 Å². The number of benzene rings is 4. The maximum absolute atomic E-state index is 15.3. The van der Waals surface area contributed by atoms with Gasteiger partial charge in [-0.15, -0.1) is 68.0 Å². The Morgan fingerprint density at radius 1 is 0.657 bits per heavy atom. The molecule has 1 fully saturated rings. The van der Waals surface area contributed by atoms with Crippen molar-refractivity contribution in [2.24, 2.45) is 16.8 Å². The number of carboxylic acids is 1. The van der Waals surface area contributed by atoms with Crippen molar-refractivity contribution >= 4 is 119 Å². The van der Waals surface area contributed by atoms with Gasteiger partial charge in [0, 0.05) is 81.7 Å². The molecule has 2 aliphatic rings. The molecule has 11 aromatic rings. The molecule has 1 saturated heterocycles. The minimum atomic E-state index is -4.03. The number of hydrogen-bond acceptors (Lipinski definition) is 25. The number of rotatable bonds is 14. The number of amides is 5. The van der Waals surface area contributed by atoms with Crippen molar-refractivity contribution in [3.63, 3.8) is 0 Å². The number of thiazole rings is 6. The molecule has 4 aromatic carbocycles. The first-order valence-electron chi connectivity index (χ1n) is 31.3. The molecule has 0 spiro atoms. The molecule has 9 heterocycles. The monoisotopic (exact) mass is 1500 g/mol. The molecule has 0 aliphatic carbocycles. The number of primary sulfonamides is 1. The summed E-state index contributed by atoms with van der Waals surface area (Å²) in [7, 11) is -4.03. The Bertz CT molecular complexity index is 5150. The Kier molecular flexibility index (Phi) is 20.3. The fraction of sp³-hybridized carbons (Fsp3) is 0.217. The quantitative estimate of drug-likeness (QED) is 0.0502. The number of ketones is 1. The van der Waals surface area contributed by atoms with Crippen LogP contribution in [0.5, 0.6) is 5.75 Å². The summed E-state index contributed by atoms with van der Waals surface area (Å²) in [4.78, 5) is 136. The second-order valence-electron chi connectivity index (χ2n) is 24.2. The minimum absolute atomic E-state index is 0.00370. The van der Waals surface area contributed by atoms with E-state index in [1.54, 1.807) is 96.7 Å². The zero-order valence-electron chi connectivity index (χ0n) is 53.6. The van der Waals surface area contributed by atoms with Gasteiger partial charge in [-0.05, 0) is 77.7 Å². The lowest BCUT2D eigenvalue weighted by atomic mass is 9.90. The van der Waals surface area contributed by atoms with Crippen LogP contribution in [0.1, 0.15) is 138 Å². The van der Waals surface area contributed by atoms with Crippen LogP contribution in [0, 0.1) is 12.8 Å². The minimum Gasteiger partial charge on any atom is -0.508 e. The smallest absolute Gasteiger partial charge is 0.335 e. The fourth-order valence-electron chi connectivity index (χ4n) is 11.9. The van der Waals surface area contributed by atoms with Crippen molar-refractivity contribution in [3.05, 3.63) is 213 Å². The summed E-state index contributed by atoms with van der Waals surface area (Å²) in [6, 6.07) is 26.7. The van der Waals surface area contributed by atoms with Gasteiger partial charge >= 0.3 is 5.97 Å². The molecule has 0 saturated carbocycles. The number of carboxylic acid groups (broad SMARTS) is 1. The first-order valence-corrected chi connectivity index (χ1v) is 38.1. The number of sulfonamides is 1. The average molecular weight is 1500 g/mol. The van der Waals surface area contributed by atoms with Crippen molar-refractivity contribution in [1.29, 1.82) is 0 Å². The fourth-order valence-corrected chi connectivity index (χ4v) is 17.8. The number of phenols is 1. The molecule has 10 N–H and O–H groups in total. The molecule has 7 atom stereocenters. The van der Waals surface area contributed by atoms with Crippen molar-refractivity contribution in [1.82, 2.24) is 55.3 Å². The standard InChI is InChI=1S/C69H59N13O13S7/c1-33-53(85)27-82-57(33)66-78-50(31-100-66)64-75-47(28-98-64)56-42(20-21-44(72-56)63-79-51(32-99-63)67(90)81(25-36-8-14-39(15-9-36)69(92)93)26-37-12-18-41(19-13-37)102(71,94)95)61-76-48(29-96-61)59(88)73-45(24-54(70)86)65-80-55(34(2)101-65)52(84)23-43(58(87)38-6-4-3-5-7-38)62-77-49(30-97-62)60(89)74-46(68(82)91)22-35-10-16-40(83)17-11-35/h3-21,28-33,43,45-46,53,57-58,83,85,87H,22-27H2,1-2H3,(H2,70,86)(H,73,88)(H,74,89)(H,92,93)(H2,71,94,95)/t33-,43-,45-,46-,53-,57-,58+/m0/s1. The van der Waals surface area contributed by atoms with Gasteiger partial charge in [-0.25, -0.2) is 53.2 Å². The number of aliphatic hydroxyl groups excluding tert-OH is 2. The number of nitrogens with zero attached hydrogens (tertiary/aromatic N) is 9. The van der Waals surface area contributed by atoms with E-state index in [0.717, 1.165) is 45.3 Å². The van der Waals surface area contributed by atoms with Gasteiger partial charge in [0.25, 0.3) is 17.7 Å². The Balaban J connectivity index is 0.885. The number of Topliss-reactive ketones (excluding diaryl/α,β-unsaturated/α-hetero) is 1. The number of nitrogens with one attached hydrogen (secondary N) is 2. The lowest BCUT2D eigenvalue weighted by molar-refractivity contribution is -0.134. The number of pyridine rings is 1. The molecule has 0 unspecified atom stereocenters. The average Bonchev–Trinajstić information content (AvgIpc) is 1.62. The van der Waals surface area contributed by atoms with Crippen molar-refractivity contribution < 1.29 is 62.4 Å². The summed E-state index contributed by atoms with van der Waals surface area (Å²) in [6.45, 7) is 3.31. The van der Waals surface area contributed by atoms with E-state index in [-0.39, 0.29) is 87.2 Å². The van der Waals surface area contributed by atoms with Crippen LogP contribution in [0.15, 0.2) is 147 Å². The molecule has 33 heteroatoms. The van der Waals surface area contributed by atoms with Gasteiger partial charge in [0.15, 0.2) is 5.78 Å². The summed E-state index contributed by atoms with van der Waals surface area (Å²) in [6.07, 6.45) is -3.19. The van der Waals surface area contributed by atoms with Crippen LogP contribution >= 0.6 is 68.0 Å². The number of hydrogen-bond donors (Lipinski definition) is 8. The lowest BCUT2D eigenvalue weighted by Gasteiger charge is -2.29. The van der Waals surface area contributed by atoms with Gasteiger partial charge in [0.1, 0.15) is 76.7 Å². The molecule has 5 amide bonds. The van der Waals surface area contributed by atoms with E-state index in [1.165, 1.54) is 91.8 Å². The molecule has 13 rings (SSSR count). The van der Waals surface area contributed by atoms with E-state index in [4.69, 9.17) is 45.8 Å². The first kappa shape index (κ1) is 70.4. The molecule has 0 radical (unpaired) electrons. The number of aryl methyl sites for hydroxylation is 1. The summed E-state index contributed by atoms with van der Waals surface area (Å²) < 4.78 is 24.2. The molecule has 26 nitrogen and oxygen atoms in total. The van der Waals surface area contributed by atoms with Crippen LogP contribution < -0.4 is 21.5 Å². The van der Waals surface area contributed by atoms with Gasteiger partial charge < -0.3 is 46.6 Å². The van der Waals surface area contributed by atoms with Crippen LogP contribution in [-0.4, -0.2) is 134 Å². The van der Waals surface area contributed by atoms with Crippen LogP contribution in [0.25, 0.3) is 43.4 Å². The van der Waals surface area contributed by atoms with Crippen molar-refractivity contribution in [2.45, 2.75) is 87.3 Å². The van der Waals surface area contributed by atoms with E-state index in [2.05, 4.69) is 10.6 Å². The highest BCUT2D eigenvalue weighted by Gasteiger charge is 2.46.